The zero-order valence-corrected chi connectivity index (χ0v) is 8.16. The van der Waals surface area contributed by atoms with E-state index in [2.05, 4.69) is 29.3 Å². The molecular weight excluding hydrogens is 170 g/mol. The number of aryl methyl sites for hydroxylation is 1. The maximum absolute atomic E-state index is 4.51. The number of hydrogen-bond donors (Lipinski definition) is 0. The molecule has 1 heteroatoms. The molecule has 0 unspecified atom stereocenters. The zero-order chi connectivity index (χ0) is 9.38. The second kappa shape index (κ2) is 3.09. The molecule has 14 heavy (non-hydrogen) atoms. The highest BCUT2D eigenvalue weighted by Crippen LogP contribution is 2.34. The molecule has 1 nitrogen and oxygen atoms in total. The monoisotopic (exact) mass is 183 g/mol. The van der Waals surface area contributed by atoms with Gasteiger partial charge in [0.15, 0.2) is 0 Å². The highest BCUT2D eigenvalue weighted by molar-refractivity contribution is 5.85. The molecule has 3 rings (SSSR count). The average molecular weight is 183 g/mol. The van der Waals surface area contributed by atoms with Crippen LogP contribution in [0, 0.1) is 0 Å². The molecule has 0 saturated heterocycles. The minimum absolute atomic E-state index is 1.07. The summed E-state index contributed by atoms with van der Waals surface area (Å²) in [7, 11) is 0. The van der Waals surface area contributed by atoms with Gasteiger partial charge >= 0.3 is 0 Å². The molecule has 0 saturated carbocycles. The summed E-state index contributed by atoms with van der Waals surface area (Å²) < 4.78 is 0. The second-order valence-electron chi connectivity index (χ2n) is 3.98. The van der Waals surface area contributed by atoms with Crippen LogP contribution in [0.4, 0.5) is 0 Å². The molecule has 70 valence electrons. The van der Waals surface area contributed by atoms with Crippen molar-refractivity contribution in [3.05, 3.63) is 41.0 Å². The van der Waals surface area contributed by atoms with Crippen LogP contribution in [-0.2, 0) is 6.42 Å². The van der Waals surface area contributed by atoms with Crippen LogP contribution in [0.15, 0.2) is 34.8 Å². The van der Waals surface area contributed by atoms with Gasteiger partial charge in [-0.3, -0.25) is 4.99 Å². The second-order valence-corrected chi connectivity index (χ2v) is 3.98. The summed E-state index contributed by atoms with van der Waals surface area (Å²) >= 11 is 0. The van der Waals surface area contributed by atoms with Crippen LogP contribution in [0.1, 0.15) is 30.4 Å². The van der Waals surface area contributed by atoms with Crippen LogP contribution in [0.5, 0.6) is 0 Å². The Kier molecular flexibility index (Phi) is 1.76. The molecule has 1 aliphatic carbocycles. The van der Waals surface area contributed by atoms with Gasteiger partial charge < -0.3 is 0 Å². The van der Waals surface area contributed by atoms with E-state index in [1.807, 2.05) is 6.21 Å². The highest BCUT2D eigenvalue weighted by Gasteiger charge is 2.18. The normalized spacial score (nSPS) is 19.1. The topological polar surface area (TPSA) is 12.4 Å². The lowest BCUT2D eigenvalue weighted by Crippen LogP contribution is -1.88. The smallest absolute Gasteiger partial charge is 0.0696 e. The van der Waals surface area contributed by atoms with Crippen LogP contribution in [0.3, 0.4) is 0 Å². The summed E-state index contributed by atoms with van der Waals surface area (Å²) in [5.74, 6) is 0. The van der Waals surface area contributed by atoms with E-state index in [4.69, 9.17) is 0 Å². The van der Waals surface area contributed by atoms with Crippen LogP contribution in [-0.4, -0.2) is 6.21 Å². The first kappa shape index (κ1) is 7.98. The summed E-state index contributed by atoms with van der Waals surface area (Å²) in [6, 6.07) is 8.68. The summed E-state index contributed by atoms with van der Waals surface area (Å²) in [5.41, 5.74) is 5.64. The quantitative estimate of drug-likeness (QED) is 0.585. The van der Waals surface area contributed by atoms with E-state index in [1.54, 1.807) is 0 Å². The lowest BCUT2D eigenvalue weighted by Gasteiger charge is -2.05. The van der Waals surface area contributed by atoms with Crippen LogP contribution in [0.2, 0.25) is 0 Å². The van der Waals surface area contributed by atoms with Crippen molar-refractivity contribution >= 4 is 11.9 Å². The maximum Gasteiger partial charge on any atom is 0.0696 e. The zero-order valence-electron chi connectivity index (χ0n) is 8.16. The Labute approximate surface area is 84.2 Å². The Bertz CT molecular complexity index is 427. The van der Waals surface area contributed by atoms with Gasteiger partial charge in [0.2, 0.25) is 0 Å². The predicted molar refractivity (Wildman–Crippen MR) is 59.4 cm³/mol. The largest absolute Gasteiger partial charge is 0.260 e. The van der Waals surface area contributed by atoms with Crippen molar-refractivity contribution in [2.24, 2.45) is 4.99 Å². The fraction of sp³-hybridized carbons (Fsp3) is 0.308. The molecule has 1 aromatic rings. The number of aliphatic imine (C=N–C) groups is 1. The van der Waals surface area contributed by atoms with Crippen molar-refractivity contribution in [3.63, 3.8) is 0 Å². The third-order valence-corrected chi connectivity index (χ3v) is 3.09. The van der Waals surface area contributed by atoms with Crippen LogP contribution >= 0.6 is 0 Å². The van der Waals surface area contributed by atoms with Gasteiger partial charge in [-0.05, 0) is 30.4 Å². The molecule has 1 heterocycles. The van der Waals surface area contributed by atoms with Crippen molar-refractivity contribution < 1.29 is 0 Å². The van der Waals surface area contributed by atoms with E-state index in [-0.39, 0.29) is 0 Å². The van der Waals surface area contributed by atoms with Gasteiger partial charge in [-0.2, -0.15) is 0 Å². The predicted octanol–water partition coefficient (Wildman–Crippen LogP) is 3.21. The molecule has 1 aromatic carbocycles. The van der Waals surface area contributed by atoms with E-state index in [1.165, 1.54) is 41.7 Å². The van der Waals surface area contributed by atoms with E-state index >= 15 is 0 Å². The number of rotatable bonds is 0. The van der Waals surface area contributed by atoms with E-state index in [9.17, 15) is 0 Å². The highest BCUT2D eigenvalue weighted by atomic mass is 14.8. The molecule has 0 aromatic heterocycles. The number of fused-ring (bicyclic) bond motifs is 2. The lowest BCUT2D eigenvalue weighted by molar-refractivity contribution is 0.817. The van der Waals surface area contributed by atoms with Crippen molar-refractivity contribution in [3.8, 4) is 0 Å². The van der Waals surface area contributed by atoms with Crippen LogP contribution in [0.25, 0.3) is 5.70 Å². The van der Waals surface area contributed by atoms with E-state index < -0.39 is 0 Å². The van der Waals surface area contributed by atoms with Gasteiger partial charge in [0, 0.05) is 18.2 Å². The molecule has 0 fully saturated rings. The van der Waals surface area contributed by atoms with E-state index in [0.717, 1.165) is 6.42 Å². The van der Waals surface area contributed by atoms with Gasteiger partial charge in [0.1, 0.15) is 0 Å². The number of benzene rings is 1. The Balaban J connectivity index is 2.20. The van der Waals surface area contributed by atoms with Gasteiger partial charge in [0.25, 0.3) is 0 Å². The van der Waals surface area contributed by atoms with Crippen LogP contribution < -0.4 is 0 Å². The third-order valence-electron chi connectivity index (χ3n) is 3.09. The van der Waals surface area contributed by atoms with Crippen molar-refractivity contribution in [1.82, 2.24) is 0 Å². The maximum atomic E-state index is 4.51. The molecule has 0 amide bonds. The van der Waals surface area contributed by atoms with Gasteiger partial charge in [-0.15, -0.1) is 0 Å². The fourth-order valence-corrected chi connectivity index (χ4v) is 2.38. The Morgan fingerprint density at radius 2 is 2.00 bits per heavy atom. The average Bonchev–Trinajstić information content (AvgIpc) is 2.61. The van der Waals surface area contributed by atoms with Gasteiger partial charge in [-0.1, -0.05) is 24.3 Å². The van der Waals surface area contributed by atoms with Gasteiger partial charge in [0.05, 0.1) is 5.70 Å². The first-order valence-electron chi connectivity index (χ1n) is 5.28. The summed E-state index contributed by atoms with van der Waals surface area (Å²) in [5, 5.41) is 0. The molecule has 0 N–H and O–H groups in total. The number of hydrogen-bond acceptors (Lipinski definition) is 1. The summed E-state index contributed by atoms with van der Waals surface area (Å²) in [4.78, 5) is 4.51. The Morgan fingerprint density at radius 1 is 1.07 bits per heavy atom. The number of nitrogens with zero attached hydrogens (tertiary/aromatic N) is 1. The van der Waals surface area contributed by atoms with E-state index in [0.29, 0.717) is 0 Å². The molecule has 0 radical (unpaired) electrons. The summed E-state index contributed by atoms with van der Waals surface area (Å²) in [6.07, 6.45) is 6.83. The molecule has 2 aliphatic rings. The van der Waals surface area contributed by atoms with Crippen molar-refractivity contribution in [2.75, 3.05) is 0 Å². The number of allylic oxidation sites excluding steroid dienone is 1. The lowest BCUT2D eigenvalue weighted by atomic mass is 10.0. The molecule has 0 bridgehead atoms. The summed E-state index contributed by atoms with van der Waals surface area (Å²) in [6.45, 7) is 0. The molecule has 0 atom stereocenters. The SMILES string of the molecule is C1=NC2=C(C1)CCCc1ccccc12. The first-order valence-corrected chi connectivity index (χ1v) is 5.28. The Morgan fingerprint density at radius 3 is 3.00 bits per heavy atom. The minimum atomic E-state index is 1.07. The molecule has 1 aliphatic heterocycles. The van der Waals surface area contributed by atoms with Gasteiger partial charge in [-0.25, -0.2) is 0 Å². The minimum Gasteiger partial charge on any atom is -0.260 e. The standard InChI is InChI=1S/C13H13N/c1-2-7-12-10(4-1)5-3-6-11-8-9-14-13(11)12/h1-2,4,7,9H,3,5-6,8H2. The van der Waals surface area contributed by atoms with Crippen molar-refractivity contribution in [2.45, 2.75) is 25.7 Å². The fourth-order valence-electron chi connectivity index (χ4n) is 2.38. The molecular formula is C13H13N. The molecule has 0 spiro atoms. The third kappa shape index (κ3) is 1.12. The van der Waals surface area contributed by atoms with Crippen molar-refractivity contribution in [1.29, 1.82) is 0 Å². The first-order chi connectivity index (χ1) is 6.95. The Hall–Kier alpha value is -1.37.